The van der Waals surface area contributed by atoms with Crippen molar-refractivity contribution in [1.29, 1.82) is 0 Å². The lowest BCUT2D eigenvalue weighted by Crippen LogP contribution is -2.41. The molecule has 3 nitrogen and oxygen atoms in total. The zero-order valence-electron chi connectivity index (χ0n) is 12.5. The van der Waals surface area contributed by atoms with Crippen LogP contribution in [0.4, 0.5) is 4.39 Å². The van der Waals surface area contributed by atoms with Crippen LogP contribution in [0.25, 0.3) is 0 Å². The summed E-state index contributed by atoms with van der Waals surface area (Å²) in [6.07, 6.45) is 0. The van der Waals surface area contributed by atoms with Crippen molar-refractivity contribution >= 4 is 0 Å². The number of hydrogen-bond acceptors (Lipinski definition) is 3. The molecule has 1 unspecified atom stereocenters. The van der Waals surface area contributed by atoms with Gasteiger partial charge in [0.15, 0.2) is 11.6 Å². The van der Waals surface area contributed by atoms with Crippen molar-refractivity contribution in [1.82, 2.24) is 10.2 Å². The molecular weight excluding hydrogens is 243 g/mol. The average molecular weight is 268 g/mol. The summed E-state index contributed by atoms with van der Waals surface area (Å²) in [5, 5.41) is 3.42. The van der Waals surface area contributed by atoms with E-state index in [2.05, 4.69) is 24.1 Å². The Kier molecular flexibility index (Phi) is 6.25. The molecule has 0 aliphatic rings. The third kappa shape index (κ3) is 4.80. The smallest absolute Gasteiger partial charge is 0.169 e. The first-order chi connectivity index (χ1) is 8.95. The number of benzene rings is 1. The SMILES string of the molecule is COc1cccc(CNC(CN(C)C)C(C)C)c1F. The minimum atomic E-state index is -0.273. The molecule has 0 aliphatic carbocycles. The van der Waals surface area contributed by atoms with Gasteiger partial charge in [-0.1, -0.05) is 26.0 Å². The van der Waals surface area contributed by atoms with E-state index in [1.807, 2.05) is 20.2 Å². The van der Waals surface area contributed by atoms with Gasteiger partial charge in [0.2, 0.25) is 0 Å². The fourth-order valence-electron chi connectivity index (χ4n) is 2.00. The predicted molar refractivity (Wildman–Crippen MR) is 77.0 cm³/mol. The second-order valence-electron chi connectivity index (χ2n) is 5.43. The zero-order valence-corrected chi connectivity index (χ0v) is 12.5. The minimum absolute atomic E-state index is 0.273. The lowest BCUT2D eigenvalue weighted by Gasteiger charge is -2.26. The van der Waals surface area contributed by atoms with E-state index < -0.39 is 0 Å². The molecule has 4 heteroatoms. The molecule has 0 spiro atoms. The van der Waals surface area contributed by atoms with Gasteiger partial charge >= 0.3 is 0 Å². The maximum absolute atomic E-state index is 14.0. The van der Waals surface area contributed by atoms with Crippen molar-refractivity contribution in [2.24, 2.45) is 5.92 Å². The summed E-state index contributed by atoms with van der Waals surface area (Å²) >= 11 is 0. The minimum Gasteiger partial charge on any atom is -0.494 e. The monoisotopic (exact) mass is 268 g/mol. The summed E-state index contributed by atoms with van der Waals surface area (Å²) in [7, 11) is 5.57. The summed E-state index contributed by atoms with van der Waals surface area (Å²) < 4.78 is 19.0. The van der Waals surface area contributed by atoms with E-state index >= 15 is 0 Å². The maximum Gasteiger partial charge on any atom is 0.169 e. The van der Waals surface area contributed by atoms with Gasteiger partial charge in [-0.15, -0.1) is 0 Å². The van der Waals surface area contributed by atoms with Crippen molar-refractivity contribution in [3.8, 4) is 5.75 Å². The summed E-state index contributed by atoms with van der Waals surface area (Å²) in [5.74, 6) is 0.522. The highest BCUT2D eigenvalue weighted by atomic mass is 19.1. The molecule has 1 N–H and O–H groups in total. The molecule has 1 rings (SSSR count). The molecule has 0 bridgehead atoms. The Hall–Kier alpha value is -1.13. The molecule has 0 saturated carbocycles. The quantitative estimate of drug-likeness (QED) is 0.822. The Balaban J connectivity index is 2.69. The molecule has 108 valence electrons. The van der Waals surface area contributed by atoms with Crippen LogP contribution in [0, 0.1) is 11.7 Å². The van der Waals surface area contributed by atoms with Crippen LogP contribution in [0.15, 0.2) is 18.2 Å². The van der Waals surface area contributed by atoms with Crippen molar-refractivity contribution in [2.45, 2.75) is 26.4 Å². The molecule has 1 aromatic carbocycles. The Morgan fingerprint density at radius 1 is 1.32 bits per heavy atom. The Labute approximate surface area is 115 Å². The number of methoxy groups -OCH3 is 1. The van der Waals surface area contributed by atoms with E-state index in [1.165, 1.54) is 7.11 Å². The van der Waals surface area contributed by atoms with E-state index in [0.29, 0.717) is 29.8 Å². The van der Waals surface area contributed by atoms with Gasteiger partial charge in [-0.2, -0.15) is 0 Å². The van der Waals surface area contributed by atoms with Crippen LogP contribution in [-0.2, 0) is 6.54 Å². The van der Waals surface area contributed by atoms with E-state index in [-0.39, 0.29) is 5.82 Å². The van der Waals surface area contributed by atoms with Gasteiger partial charge in [0.1, 0.15) is 0 Å². The molecule has 1 aromatic rings. The number of nitrogens with one attached hydrogen (secondary N) is 1. The fraction of sp³-hybridized carbons (Fsp3) is 0.600. The highest BCUT2D eigenvalue weighted by molar-refractivity contribution is 5.30. The molecular formula is C15H25FN2O. The van der Waals surface area contributed by atoms with Crippen LogP contribution in [-0.4, -0.2) is 38.7 Å². The highest BCUT2D eigenvalue weighted by Gasteiger charge is 2.15. The second-order valence-corrected chi connectivity index (χ2v) is 5.43. The van der Waals surface area contributed by atoms with Crippen molar-refractivity contribution in [2.75, 3.05) is 27.7 Å². The fourth-order valence-corrected chi connectivity index (χ4v) is 2.00. The van der Waals surface area contributed by atoms with E-state index in [1.54, 1.807) is 12.1 Å². The third-order valence-electron chi connectivity index (χ3n) is 3.18. The van der Waals surface area contributed by atoms with E-state index in [9.17, 15) is 4.39 Å². The number of ether oxygens (including phenoxy) is 1. The standard InChI is InChI=1S/C15H25FN2O/c1-11(2)13(10-18(3)4)17-9-12-7-6-8-14(19-5)15(12)16/h6-8,11,13,17H,9-10H2,1-5H3. The lowest BCUT2D eigenvalue weighted by molar-refractivity contribution is 0.286. The van der Waals surface area contributed by atoms with Crippen LogP contribution >= 0.6 is 0 Å². The predicted octanol–water partition coefficient (Wildman–Crippen LogP) is 2.51. The summed E-state index contributed by atoms with van der Waals surface area (Å²) in [4.78, 5) is 2.14. The molecule has 0 saturated heterocycles. The molecule has 0 fully saturated rings. The summed E-state index contributed by atoms with van der Waals surface area (Å²) in [6.45, 7) is 5.79. The van der Waals surface area contributed by atoms with Gasteiger partial charge in [-0.05, 0) is 26.1 Å². The molecule has 19 heavy (non-hydrogen) atoms. The van der Waals surface area contributed by atoms with Crippen LogP contribution in [0.3, 0.4) is 0 Å². The largest absolute Gasteiger partial charge is 0.494 e. The van der Waals surface area contributed by atoms with E-state index in [0.717, 1.165) is 6.54 Å². The first-order valence-corrected chi connectivity index (χ1v) is 6.65. The number of halogens is 1. The number of nitrogens with zero attached hydrogens (tertiary/aromatic N) is 1. The van der Waals surface area contributed by atoms with Crippen LogP contribution < -0.4 is 10.1 Å². The molecule has 0 aromatic heterocycles. The van der Waals surface area contributed by atoms with Gasteiger partial charge in [-0.3, -0.25) is 0 Å². The van der Waals surface area contributed by atoms with Gasteiger partial charge < -0.3 is 15.0 Å². The van der Waals surface area contributed by atoms with Crippen molar-refractivity contribution < 1.29 is 9.13 Å². The number of rotatable bonds is 7. The highest BCUT2D eigenvalue weighted by Crippen LogP contribution is 2.20. The van der Waals surface area contributed by atoms with Crippen LogP contribution in [0.5, 0.6) is 5.75 Å². The van der Waals surface area contributed by atoms with Gasteiger partial charge in [0.25, 0.3) is 0 Å². The Morgan fingerprint density at radius 2 is 2.00 bits per heavy atom. The normalized spacial score (nSPS) is 13.1. The zero-order chi connectivity index (χ0) is 14.4. The van der Waals surface area contributed by atoms with Gasteiger partial charge in [0.05, 0.1) is 7.11 Å². The second kappa shape index (κ2) is 7.46. The third-order valence-corrected chi connectivity index (χ3v) is 3.18. The van der Waals surface area contributed by atoms with Crippen LogP contribution in [0.2, 0.25) is 0 Å². The van der Waals surface area contributed by atoms with E-state index in [4.69, 9.17) is 4.74 Å². The first-order valence-electron chi connectivity index (χ1n) is 6.65. The first kappa shape index (κ1) is 15.9. The summed E-state index contributed by atoms with van der Waals surface area (Å²) in [6, 6.07) is 5.58. The Morgan fingerprint density at radius 3 is 2.53 bits per heavy atom. The summed E-state index contributed by atoms with van der Waals surface area (Å²) in [5.41, 5.74) is 0.642. The Bertz CT molecular complexity index is 394. The van der Waals surface area contributed by atoms with Gasteiger partial charge in [-0.25, -0.2) is 4.39 Å². The molecule has 0 radical (unpaired) electrons. The lowest BCUT2D eigenvalue weighted by atomic mass is 10.0. The molecule has 1 atom stereocenters. The van der Waals surface area contributed by atoms with Crippen LogP contribution in [0.1, 0.15) is 19.4 Å². The molecule has 0 heterocycles. The topological polar surface area (TPSA) is 24.5 Å². The van der Waals surface area contributed by atoms with Gasteiger partial charge in [0, 0.05) is 24.7 Å². The van der Waals surface area contributed by atoms with Crippen molar-refractivity contribution in [3.05, 3.63) is 29.6 Å². The number of hydrogen-bond donors (Lipinski definition) is 1. The molecule has 0 aliphatic heterocycles. The molecule has 0 amide bonds. The average Bonchev–Trinajstić information content (AvgIpc) is 2.35. The van der Waals surface area contributed by atoms with Crippen molar-refractivity contribution in [3.63, 3.8) is 0 Å². The number of likely N-dealkylation sites (N-methyl/N-ethyl adjacent to an activating group) is 1. The maximum atomic E-state index is 14.0.